The summed E-state index contributed by atoms with van der Waals surface area (Å²) in [6, 6.07) is 22.9. The lowest BCUT2D eigenvalue weighted by Gasteiger charge is -2.27. The highest BCUT2D eigenvalue weighted by Crippen LogP contribution is 2.40. The van der Waals surface area contributed by atoms with Gasteiger partial charge in [-0.3, -0.25) is 9.36 Å². The van der Waals surface area contributed by atoms with E-state index in [9.17, 15) is 9.59 Å². The van der Waals surface area contributed by atoms with Gasteiger partial charge in [-0.2, -0.15) is 0 Å². The van der Waals surface area contributed by atoms with Crippen LogP contribution in [0.5, 0.6) is 11.5 Å². The van der Waals surface area contributed by atoms with Crippen molar-refractivity contribution in [2.24, 2.45) is 4.99 Å². The van der Waals surface area contributed by atoms with Crippen molar-refractivity contribution in [3.8, 4) is 11.5 Å². The molecule has 43 heavy (non-hydrogen) atoms. The lowest BCUT2D eigenvalue weighted by Crippen LogP contribution is -2.40. The number of aromatic nitrogens is 1. The Hall–Kier alpha value is -4.69. The van der Waals surface area contributed by atoms with Crippen LogP contribution in [0, 0.1) is 0 Å². The molecule has 0 saturated heterocycles. The molecule has 5 aromatic rings. The summed E-state index contributed by atoms with van der Waals surface area (Å²) in [7, 11) is 1.59. The lowest BCUT2D eigenvalue weighted by atomic mass is 9.90. The third kappa shape index (κ3) is 5.02. The van der Waals surface area contributed by atoms with E-state index in [1.807, 2.05) is 92.7 Å². The number of esters is 1. The van der Waals surface area contributed by atoms with E-state index >= 15 is 0 Å². The van der Waals surface area contributed by atoms with Crippen LogP contribution in [0.2, 0.25) is 0 Å². The number of rotatable bonds is 7. The number of benzene rings is 4. The summed E-state index contributed by atoms with van der Waals surface area (Å²) in [6.45, 7) is 7.69. The molecule has 0 bridgehead atoms. The minimum atomic E-state index is -0.808. The molecule has 1 unspecified atom stereocenters. The average Bonchev–Trinajstić information content (AvgIpc) is 3.30. The predicted octanol–water partition coefficient (Wildman–Crippen LogP) is 5.90. The molecule has 0 radical (unpaired) electrons. The first kappa shape index (κ1) is 28.4. The smallest absolute Gasteiger partial charge is 0.338 e. The van der Waals surface area contributed by atoms with E-state index in [4.69, 9.17) is 19.2 Å². The number of allylic oxidation sites excluding steroid dienone is 1. The maximum atomic E-state index is 14.5. The maximum Gasteiger partial charge on any atom is 0.338 e. The normalized spacial score (nSPS) is 15.1. The van der Waals surface area contributed by atoms with Crippen LogP contribution in [0.4, 0.5) is 0 Å². The Balaban J connectivity index is 1.68. The molecule has 1 aromatic heterocycles. The molecule has 1 aliphatic heterocycles. The molecule has 7 nitrogen and oxygen atoms in total. The van der Waals surface area contributed by atoms with Crippen molar-refractivity contribution in [2.45, 2.75) is 39.8 Å². The number of carbonyl (C=O) groups excluding carboxylic acids is 1. The van der Waals surface area contributed by atoms with Gasteiger partial charge in [0.25, 0.3) is 5.56 Å². The number of thiazole rings is 1. The van der Waals surface area contributed by atoms with E-state index in [2.05, 4.69) is 0 Å². The minimum Gasteiger partial charge on any atom is -0.496 e. The highest BCUT2D eigenvalue weighted by Gasteiger charge is 2.36. The second-order valence-corrected chi connectivity index (χ2v) is 11.6. The third-order valence-corrected chi connectivity index (χ3v) is 8.49. The van der Waals surface area contributed by atoms with Crippen molar-refractivity contribution in [3.63, 3.8) is 0 Å². The SMILES string of the molecule is CCOC(=O)C1=C(C)N=c2s/c(=C\c3c(OC(C)C)ccc4ccccc34)c(=O)n2C1c1c(OC)ccc2ccccc12. The molecule has 2 heterocycles. The van der Waals surface area contributed by atoms with Gasteiger partial charge in [-0.25, -0.2) is 9.79 Å². The summed E-state index contributed by atoms with van der Waals surface area (Å²) < 4.78 is 19.6. The van der Waals surface area contributed by atoms with Crippen LogP contribution < -0.4 is 24.4 Å². The van der Waals surface area contributed by atoms with E-state index < -0.39 is 12.0 Å². The summed E-state index contributed by atoms with van der Waals surface area (Å²) in [5.41, 5.74) is 2.07. The molecule has 0 fully saturated rings. The second kappa shape index (κ2) is 11.5. The molecule has 0 aliphatic carbocycles. The van der Waals surface area contributed by atoms with Crippen LogP contribution in [0.1, 0.15) is 44.9 Å². The summed E-state index contributed by atoms with van der Waals surface area (Å²) >= 11 is 1.29. The van der Waals surface area contributed by atoms with E-state index in [-0.39, 0.29) is 18.3 Å². The summed E-state index contributed by atoms with van der Waals surface area (Å²) in [4.78, 5) is 33.2. The first-order valence-corrected chi connectivity index (χ1v) is 15.1. The van der Waals surface area contributed by atoms with Crippen LogP contribution in [0.3, 0.4) is 0 Å². The molecule has 1 aliphatic rings. The van der Waals surface area contributed by atoms with Gasteiger partial charge in [0.1, 0.15) is 17.5 Å². The van der Waals surface area contributed by atoms with Crippen molar-refractivity contribution in [1.82, 2.24) is 4.57 Å². The van der Waals surface area contributed by atoms with Gasteiger partial charge in [-0.05, 0) is 67.4 Å². The minimum absolute atomic E-state index is 0.0526. The fraction of sp³-hybridized carbons (Fsp3) is 0.229. The number of methoxy groups -OCH3 is 1. The van der Waals surface area contributed by atoms with Crippen LogP contribution in [0.25, 0.3) is 27.6 Å². The summed E-state index contributed by atoms with van der Waals surface area (Å²) in [5.74, 6) is 0.742. The fourth-order valence-corrected chi connectivity index (χ4v) is 6.74. The Morgan fingerprint density at radius 2 is 1.63 bits per heavy atom. The molecule has 6 rings (SSSR count). The van der Waals surface area contributed by atoms with Crippen LogP contribution in [0.15, 0.2) is 93.9 Å². The fourth-order valence-electron chi connectivity index (χ4n) is 5.71. The molecule has 0 spiro atoms. The zero-order valence-electron chi connectivity index (χ0n) is 24.7. The number of carbonyl (C=O) groups is 1. The Morgan fingerprint density at radius 1 is 0.977 bits per heavy atom. The molecular weight excluding hydrogens is 560 g/mol. The van der Waals surface area contributed by atoms with E-state index in [0.717, 1.165) is 27.1 Å². The molecule has 4 aromatic carbocycles. The highest BCUT2D eigenvalue weighted by molar-refractivity contribution is 7.07. The number of hydrogen-bond acceptors (Lipinski definition) is 7. The van der Waals surface area contributed by atoms with Crippen LogP contribution in [-0.4, -0.2) is 30.4 Å². The Morgan fingerprint density at radius 3 is 2.30 bits per heavy atom. The number of fused-ring (bicyclic) bond motifs is 3. The molecule has 218 valence electrons. The monoisotopic (exact) mass is 592 g/mol. The molecular formula is C35H32N2O5S. The first-order chi connectivity index (χ1) is 20.8. The third-order valence-electron chi connectivity index (χ3n) is 7.51. The standard InChI is InChI=1S/C35H32N2O5S/c1-6-41-34(39)30-21(4)36-35-37(32(30)31-25-14-10-8-12-23(25)16-18-28(31)40-5)33(38)29(43-35)19-26-24-13-9-7-11-22(24)15-17-27(26)42-20(2)3/h7-20,32H,6H2,1-5H3/b29-19-. The van der Waals surface area contributed by atoms with Crippen molar-refractivity contribution in [3.05, 3.63) is 115 Å². The van der Waals surface area contributed by atoms with Crippen molar-refractivity contribution < 1.29 is 19.0 Å². The van der Waals surface area contributed by atoms with Crippen LogP contribution in [-0.2, 0) is 9.53 Å². The van der Waals surface area contributed by atoms with E-state index in [0.29, 0.717) is 37.7 Å². The number of nitrogens with zero attached hydrogens (tertiary/aromatic N) is 2. The van der Waals surface area contributed by atoms with Gasteiger partial charge in [0.05, 0.1) is 35.6 Å². The van der Waals surface area contributed by atoms with E-state index in [1.165, 1.54) is 11.3 Å². The van der Waals surface area contributed by atoms with Gasteiger partial charge in [-0.15, -0.1) is 0 Å². The van der Waals surface area contributed by atoms with Gasteiger partial charge < -0.3 is 14.2 Å². The lowest BCUT2D eigenvalue weighted by molar-refractivity contribution is -0.139. The van der Waals surface area contributed by atoms with Crippen molar-refractivity contribution in [2.75, 3.05) is 13.7 Å². The largest absolute Gasteiger partial charge is 0.496 e. The van der Waals surface area contributed by atoms with E-state index in [1.54, 1.807) is 25.5 Å². The van der Waals surface area contributed by atoms with Gasteiger partial charge in [0.15, 0.2) is 4.80 Å². The van der Waals surface area contributed by atoms with Crippen molar-refractivity contribution >= 4 is 44.9 Å². The molecule has 0 amide bonds. The Kier molecular flexibility index (Phi) is 7.62. The topological polar surface area (TPSA) is 79.1 Å². The Bertz CT molecular complexity index is 2100. The molecule has 8 heteroatoms. The molecule has 1 atom stereocenters. The summed E-state index contributed by atoms with van der Waals surface area (Å²) in [5, 5.41) is 3.85. The number of ether oxygens (including phenoxy) is 3. The predicted molar refractivity (Wildman–Crippen MR) is 171 cm³/mol. The quantitative estimate of drug-likeness (QED) is 0.220. The zero-order valence-corrected chi connectivity index (χ0v) is 25.5. The Labute approximate surface area is 253 Å². The van der Waals surface area contributed by atoms with Crippen molar-refractivity contribution in [1.29, 1.82) is 0 Å². The molecule has 0 saturated carbocycles. The maximum absolute atomic E-state index is 14.5. The zero-order chi connectivity index (χ0) is 30.2. The summed E-state index contributed by atoms with van der Waals surface area (Å²) in [6.07, 6.45) is 1.83. The number of hydrogen-bond donors (Lipinski definition) is 0. The van der Waals surface area contributed by atoms with Gasteiger partial charge in [-0.1, -0.05) is 72.0 Å². The average molecular weight is 593 g/mol. The van der Waals surface area contributed by atoms with Gasteiger partial charge in [0, 0.05) is 11.1 Å². The molecule has 0 N–H and O–H groups in total. The van der Waals surface area contributed by atoms with Gasteiger partial charge >= 0.3 is 5.97 Å². The van der Waals surface area contributed by atoms with Gasteiger partial charge in [0.2, 0.25) is 0 Å². The first-order valence-electron chi connectivity index (χ1n) is 14.3. The second-order valence-electron chi connectivity index (χ2n) is 10.6. The highest BCUT2D eigenvalue weighted by atomic mass is 32.1. The van der Waals surface area contributed by atoms with Crippen LogP contribution >= 0.6 is 11.3 Å².